The lowest BCUT2D eigenvalue weighted by Crippen LogP contribution is -2.31. The molecule has 1 amide bonds. The smallest absolute Gasteiger partial charge is 0.251 e. The minimum atomic E-state index is -0.0421. The molecule has 0 unspecified atom stereocenters. The minimum absolute atomic E-state index is 0.0421. The summed E-state index contributed by atoms with van der Waals surface area (Å²) in [6.07, 6.45) is 6.77. The molecule has 1 fully saturated rings. The number of likely N-dealkylation sites (tertiary alicyclic amines) is 1. The molecule has 6 nitrogen and oxygen atoms in total. The average molecular weight is 344 g/mol. The molecule has 1 saturated heterocycles. The molecule has 3 rings (SSSR count). The van der Waals surface area contributed by atoms with Gasteiger partial charge in [0.15, 0.2) is 0 Å². The molecule has 0 radical (unpaired) electrons. The highest BCUT2D eigenvalue weighted by molar-refractivity contribution is 6.00. The van der Waals surface area contributed by atoms with Crippen LogP contribution in [-0.4, -0.2) is 53.9 Å². The van der Waals surface area contributed by atoms with Gasteiger partial charge in [-0.15, -0.1) is 0 Å². The number of carbonyl (C=O) groups excluding carboxylic acids is 1. The molecule has 6 heteroatoms. The Bertz CT molecular complexity index is 720. The molecular formula is C19H28N4O2. The van der Waals surface area contributed by atoms with Crippen LogP contribution in [0.5, 0.6) is 0 Å². The molecule has 0 bridgehead atoms. The Labute approximate surface area is 149 Å². The molecule has 1 aromatic carbocycles. The van der Waals surface area contributed by atoms with Crippen LogP contribution >= 0.6 is 0 Å². The van der Waals surface area contributed by atoms with Gasteiger partial charge in [-0.2, -0.15) is 5.10 Å². The number of benzene rings is 1. The first-order valence-corrected chi connectivity index (χ1v) is 9.21. The van der Waals surface area contributed by atoms with Crippen LogP contribution in [-0.2, 0) is 17.8 Å². The van der Waals surface area contributed by atoms with E-state index in [9.17, 15) is 4.79 Å². The number of hydrogen-bond donors (Lipinski definition) is 1. The highest BCUT2D eigenvalue weighted by atomic mass is 16.5. The molecule has 2 aromatic rings. The number of ether oxygens (including phenoxy) is 1. The summed E-state index contributed by atoms with van der Waals surface area (Å²) in [7, 11) is 1.63. The van der Waals surface area contributed by atoms with Gasteiger partial charge < -0.3 is 10.1 Å². The molecule has 2 heterocycles. The van der Waals surface area contributed by atoms with Crippen molar-refractivity contribution >= 4 is 16.8 Å². The van der Waals surface area contributed by atoms with E-state index in [1.54, 1.807) is 7.11 Å². The fourth-order valence-corrected chi connectivity index (χ4v) is 3.53. The minimum Gasteiger partial charge on any atom is -0.383 e. The third kappa shape index (κ3) is 4.19. The third-order valence-corrected chi connectivity index (χ3v) is 4.83. The van der Waals surface area contributed by atoms with Crippen LogP contribution in [0.25, 0.3) is 10.9 Å². The van der Waals surface area contributed by atoms with E-state index in [-0.39, 0.29) is 5.91 Å². The fourth-order valence-electron chi connectivity index (χ4n) is 3.53. The monoisotopic (exact) mass is 344 g/mol. The van der Waals surface area contributed by atoms with Crippen molar-refractivity contribution in [2.75, 3.05) is 33.4 Å². The van der Waals surface area contributed by atoms with Crippen LogP contribution < -0.4 is 5.32 Å². The number of fused-ring (bicyclic) bond motifs is 1. The van der Waals surface area contributed by atoms with Crippen molar-refractivity contribution in [2.24, 2.45) is 0 Å². The van der Waals surface area contributed by atoms with E-state index in [2.05, 4.69) is 23.3 Å². The molecule has 0 aliphatic carbocycles. The highest BCUT2D eigenvalue weighted by Crippen LogP contribution is 2.23. The van der Waals surface area contributed by atoms with Gasteiger partial charge in [-0.3, -0.25) is 14.4 Å². The van der Waals surface area contributed by atoms with Gasteiger partial charge in [-0.1, -0.05) is 13.3 Å². The Kier molecular flexibility index (Phi) is 6.04. The number of aryl methyl sites for hydroxylation is 1. The maximum Gasteiger partial charge on any atom is 0.251 e. The Morgan fingerprint density at radius 3 is 2.80 bits per heavy atom. The second-order valence-electron chi connectivity index (χ2n) is 6.62. The number of methoxy groups -OCH3 is 1. The summed E-state index contributed by atoms with van der Waals surface area (Å²) < 4.78 is 7.01. The Hall–Kier alpha value is -1.92. The van der Waals surface area contributed by atoms with Crippen LogP contribution in [0.1, 0.15) is 42.1 Å². The lowest BCUT2D eigenvalue weighted by Gasteiger charge is -2.25. The van der Waals surface area contributed by atoms with Gasteiger partial charge in [0, 0.05) is 30.8 Å². The van der Waals surface area contributed by atoms with Gasteiger partial charge in [0.05, 0.1) is 18.8 Å². The lowest BCUT2D eigenvalue weighted by atomic mass is 10.0. The van der Waals surface area contributed by atoms with Gasteiger partial charge in [0.2, 0.25) is 0 Å². The van der Waals surface area contributed by atoms with E-state index in [1.807, 2.05) is 16.8 Å². The van der Waals surface area contributed by atoms with E-state index in [1.165, 1.54) is 19.3 Å². The van der Waals surface area contributed by atoms with Crippen molar-refractivity contribution in [3.05, 3.63) is 29.5 Å². The summed E-state index contributed by atoms with van der Waals surface area (Å²) >= 11 is 0. The molecule has 1 N–H and O–H groups in total. The van der Waals surface area contributed by atoms with Gasteiger partial charge in [0.25, 0.3) is 5.91 Å². The zero-order valence-electron chi connectivity index (χ0n) is 15.3. The Morgan fingerprint density at radius 1 is 1.28 bits per heavy atom. The molecule has 0 spiro atoms. The van der Waals surface area contributed by atoms with E-state index >= 15 is 0 Å². The molecule has 1 aliphatic heterocycles. The molecular weight excluding hydrogens is 316 g/mol. The molecule has 25 heavy (non-hydrogen) atoms. The van der Waals surface area contributed by atoms with Gasteiger partial charge in [-0.05, 0) is 50.0 Å². The molecule has 0 saturated carbocycles. The van der Waals surface area contributed by atoms with Crippen molar-refractivity contribution in [1.82, 2.24) is 20.0 Å². The van der Waals surface area contributed by atoms with Crippen LogP contribution in [0.3, 0.4) is 0 Å². The fraction of sp³-hybridized carbons (Fsp3) is 0.579. The van der Waals surface area contributed by atoms with Crippen molar-refractivity contribution in [2.45, 2.75) is 39.3 Å². The number of nitrogens with zero attached hydrogens (tertiary/aromatic N) is 3. The molecule has 0 atom stereocenters. The number of carbonyl (C=O) groups is 1. The summed E-state index contributed by atoms with van der Waals surface area (Å²) in [5.41, 5.74) is 2.77. The number of amides is 1. The number of aromatic nitrogens is 2. The maximum absolute atomic E-state index is 12.5. The van der Waals surface area contributed by atoms with Crippen molar-refractivity contribution in [3.63, 3.8) is 0 Å². The first-order chi connectivity index (χ1) is 12.2. The molecule has 1 aliphatic rings. The number of piperidine rings is 1. The lowest BCUT2D eigenvalue weighted by molar-refractivity contribution is 0.0936. The predicted molar refractivity (Wildman–Crippen MR) is 98.7 cm³/mol. The normalized spacial score (nSPS) is 15.6. The first kappa shape index (κ1) is 17.9. The van der Waals surface area contributed by atoms with Gasteiger partial charge in [-0.25, -0.2) is 0 Å². The van der Waals surface area contributed by atoms with Crippen LogP contribution in [0, 0.1) is 0 Å². The summed E-state index contributed by atoms with van der Waals surface area (Å²) in [4.78, 5) is 14.9. The summed E-state index contributed by atoms with van der Waals surface area (Å²) in [6, 6.07) is 3.84. The topological polar surface area (TPSA) is 59.4 Å². The van der Waals surface area contributed by atoms with E-state index in [0.29, 0.717) is 13.2 Å². The Balaban J connectivity index is 1.81. The highest BCUT2D eigenvalue weighted by Gasteiger charge is 2.16. The predicted octanol–water partition coefficient (Wildman–Crippen LogP) is 2.42. The van der Waals surface area contributed by atoms with Crippen LogP contribution in [0.4, 0.5) is 0 Å². The number of nitrogens with one attached hydrogen (secondary N) is 1. The third-order valence-electron chi connectivity index (χ3n) is 4.83. The zero-order chi connectivity index (χ0) is 17.6. The zero-order valence-corrected chi connectivity index (χ0v) is 15.3. The van der Waals surface area contributed by atoms with Crippen molar-refractivity contribution in [1.29, 1.82) is 0 Å². The quantitative estimate of drug-likeness (QED) is 0.784. The number of rotatable bonds is 7. The van der Waals surface area contributed by atoms with Gasteiger partial charge >= 0.3 is 0 Å². The number of hydrogen-bond acceptors (Lipinski definition) is 4. The second-order valence-corrected chi connectivity index (χ2v) is 6.62. The van der Waals surface area contributed by atoms with Gasteiger partial charge in [0.1, 0.15) is 0 Å². The van der Waals surface area contributed by atoms with Crippen LogP contribution in [0.15, 0.2) is 18.3 Å². The first-order valence-electron chi connectivity index (χ1n) is 9.21. The van der Waals surface area contributed by atoms with E-state index < -0.39 is 0 Å². The largest absolute Gasteiger partial charge is 0.383 e. The average Bonchev–Trinajstić information content (AvgIpc) is 3.04. The van der Waals surface area contributed by atoms with Crippen molar-refractivity contribution < 1.29 is 9.53 Å². The summed E-state index contributed by atoms with van der Waals surface area (Å²) in [5, 5.41) is 8.71. The summed E-state index contributed by atoms with van der Waals surface area (Å²) in [6.45, 7) is 6.23. The SMILES string of the molecule is CCc1c(C(=O)NCCOC)ccc2nn(CN3CCCCC3)cc12. The van der Waals surface area contributed by atoms with Crippen LogP contribution in [0.2, 0.25) is 0 Å². The standard InChI is InChI=1S/C19H28N4O2/c1-3-15-16(19(24)20-9-12-25-2)7-8-18-17(15)13-23(21-18)14-22-10-5-4-6-11-22/h7-8,13H,3-6,9-12,14H2,1-2H3,(H,20,24). The second kappa shape index (κ2) is 8.45. The summed E-state index contributed by atoms with van der Waals surface area (Å²) in [5.74, 6) is -0.0421. The van der Waals surface area contributed by atoms with E-state index in [4.69, 9.17) is 9.84 Å². The van der Waals surface area contributed by atoms with E-state index in [0.717, 1.165) is 48.2 Å². The Morgan fingerprint density at radius 2 is 2.08 bits per heavy atom. The molecule has 136 valence electrons. The van der Waals surface area contributed by atoms with Crippen molar-refractivity contribution in [3.8, 4) is 0 Å². The maximum atomic E-state index is 12.5. The molecule has 1 aromatic heterocycles.